The summed E-state index contributed by atoms with van der Waals surface area (Å²) in [6.45, 7) is 4.61. The van der Waals surface area contributed by atoms with Crippen molar-refractivity contribution in [3.05, 3.63) is 125 Å². The zero-order valence-corrected chi connectivity index (χ0v) is 21.5. The van der Waals surface area contributed by atoms with Gasteiger partial charge < -0.3 is 11.1 Å². The van der Waals surface area contributed by atoms with Gasteiger partial charge >= 0.3 is 0 Å². The lowest BCUT2D eigenvalue weighted by Crippen LogP contribution is -2.28. The van der Waals surface area contributed by atoms with Gasteiger partial charge in [0.25, 0.3) is 5.91 Å². The maximum Gasteiger partial charge on any atom is 0.251 e. The van der Waals surface area contributed by atoms with Crippen LogP contribution in [0.4, 0.5) is 0 Å². The molecule has 2 amide bonds. The van der Waals surface area contributed by atoms with Gasteiger partial charge in [-0.3, -0.25) is 14.3 Å². The third kappa shape index (κ3) is 5.06. The van der Waals surface area contributed by atoms with Crippen LogP contribution in [0.2, 0.25) is 0 Å². The summed E-state index contributed by atoms with van der Waals surface area (Å²) in [6.07, 6.45) is 0.807. The number of nitrogens with two attached hydrogens (primary N) is 1. The minimum absolute atomic E-state index is 0.0406. The number of nitrogens with one attached hydrogen (secondary N) is 1. The largest absolute Gasteiger partial charge is 0.366 e. The Bertz CT molecular complexity index is 1600. The van der Waals surface area contributed by atoms with E-state index in [2.05, 4.69) is 12.2 Å². The van der Waals surface area contributed by atoms with E-state index >= 15 is 0 Å². The zero-order chi connectivity index (χ0) is 26.6. The van der Waals surface area contributed by atoms with Crippen LogP contribution in [0.1, 0.15) is 56.9 Å². The van der Waals surface area contributed by atoms with E-state index in [-0.39, 0.29) is 11.9 Å². The minimum Gasteiger partial charge on any atom is -0.366 e. The van der Waals surface area contributed by atoms with Gasteiger partial charge in [-0.25, -0.2) is 0 Å². The molecule has 0 aliphatic rings. The molecule has 1 unspecified atom stereocenters. The van der Waals surface area contributed by atoms with Crippen LogP contribution in [0.15, 0.2) is 97.1 Å². The number of amides is 2. The van der Waals surface area contributed by atoms with Crippen LogP contribution >= 0.6 is 0 Å². The maximum atomic E-state index is 13.1. The number of aromatic nitrogens is 2. The van der Waals surface area contributed by atoms with Crippen LogP contribution in [0.3, 0.4) is 0 Å². The molecule has 1 aromatic heterocycles. The number of rotatable bonds is 8. The molecule has 5 aromatic rings. The molecule has 190 valence electrons. The van der Waals surface area contributed by atoms with Gasteiger partial charge in [-0.2, -0.15) is 5.10 Å². The molecular formula is C32H30N4O2. The van der Waals surface area contributed by atoms with E-state index in [1.807, 2.05) is 103 Å². The van der Waals surface area contributed by atoms with Gasteiger partial charge in [0.15, 0.2) is 0 Å². The monoisotopic (exact) mass is 502 g/mol. The van der Waals surface area contributed by atoms with Crippen LogP contribution in [-0.2, 0) is 6.54 Å². The highest BCUT2D eigenvalue weighted by Crippen LogP contribution is 2.26. The first-order valence-electron chi connectivity index (χ1n) is 12.8. The van der Waals surface area contributed by atoms with Gasteiger partial charge in [-0.05, 0) is 59.9 Å². The van der Waals surface area contributed by atoms with E-state index in [9.17, 15) is 9.59 Å². The second-order valence-corrected chi connectivity index (χ2v) is 9.43. The summed E-state index contributed by atoms with van der Waals surface area (Å²) >= 11 is 0. The predicted molar refractivity (Wildman–Crippen MR) is 151 cm³/mol. The molecule has 3 N–H and O–H groups in total. The molecule has 0 aliphatic heterocycles. The standard InChI is InChI=1S/C32H30N4O2/c1-3-29(24-9-5-4-6-10-24)34-32(38)25-17-18-30-28(19-25)21(2)35-36(30)20-22-13-15-23(16-14-22)26-11-7-8-12-27(26)31(33)37/h4-19,29H,3,20H2,1-2H3,(H2,33,37)(H,34,38). The van der Waals surface area contributed by atoms with Crippen molar-refractivity contribution < 1.29 is 9.59 Å². The number of benzene rings is 4. The Kier molecular flexibility index (Phi) is 7.05. The van der Waals surface area contributed by atoms with Crippen molar-refractivity contribution in [3.63, 3.8) is 0 Å². The second kappa shape index (κ2) is 10.7. The SMILES string of the molecule is CCC(NC(=O)c1ccc2c(c1)c(C)nn2Cc1ccc(-c2ccccc2C(N)=O)cc1)c1ccccc1. The summed E-state index contributed by atoms with van der Waals surface area (Å²) in [5.74, 6) is -0.539. The summed E-state index contributed by atoms with van der Waals surface area (Å²) in [5, 5.41) is 8.87. The van der Waals surface area contributed by atoms with Crippen LogP contribution in [0.5, 0.6) is 0 Å². The first-order valence-corrected chi connectivity index (χ1v) is 12.8. The fraction of sp³-hybridized carbons (Fsp3) is 0.156. The number of hydrogen-bond acceptors (Lipinski definition) is 3. The second-order valence-electron chi connectivity index (χ2n) is 9.43. The molecular weight excluding hydrogens is 472 g/mol. The van der Waals surface area contributed by atoms with Gasteiger partial charge in [0.2, 0.25) is 5.91 Å². The van der Waals surface area contributed by atoms with Gasteiger partial charge in [-0.15, -0.1) is 0 Å². The number of hydrogen-bond donors (Lipinski definition) is 2. The van der Waals surface area contributed by atoms with Crippen LogP contribution in [0.25, 0.3) is 22.0 Å². The lowest BCUT2D eigenvalue weighted by molar-refractivity contribution is 0.0934. The molecule has 0 radical (unpaired) electrons. The van der Waals surface area contributed by atoms with E-state index in [0.29, 0.717) is 17.7 Å². The highest BCUT2D eigenvalue weighted by molar-refractivity contribution is 6.00. The summed E-state index contributed by atoms with van der Waals surface area (Å²) in [5.41, 5.74) is 12.4. The molecule has 6 nitrogen and oxygen atoms in total. The van der Waals surface area contributed by atoms with E-state index in [1.165, 1.54) is 0 Å². The Hall–Kier alpha value is -4.71. The normalized spacial score (nSPS) is 11.8. The summed E-state index contributed by atoms with van der Waals surface area (Å²) in [4.78, 5) is 24.9. The van der Waals surface area contributed by atoms with Crippen molar-refractivity contribution in [1.82, 2.24) is 15.1 Å². The smallest absolute Gasteiger partial charge is 0.251 e. The first-order chi connectivity index (χ1) is 18.4. The highest BCUT2D eigenvalue weighted by Gasteiger charge is 2.16. The van der Waals surface area contributed by atoms with E-state index in [1.54, 1.807) is 6.07 Å². The Morgan fingerprint density at radius 3 is 2.34 bits per heavy atom. The quantitative estimate of drug-likeness (QED) is 0.271. The van der Waals surface area contributed by atoms with Crippen LogP contribution in [-0.4, -0.2) is 21.6 Å². The molecule has 0 aliphatic carbocycles. The number of fused-ring (bicyclic) bond motifs is 1. The fourth-order valence-electron chi connectivity index (χ4n) is 4.86. The molecule has 38 heavy (non-hydrogen) atoms. The Labute approximate surface area is 222 Å². The van der Waals surface area contributed by atoms with Crippen molar-refractivity contribution in [2.75, 3.05) is 0 Å². The molecule has 0 spiro atoms. The van der Waals surface area contributed by atoms with Crippen molar-refractivity contribution in [2.45, 2.75) is 32.9 Å². The summed E-state index contributed by atoms with van der Waals surface area (Å²) in [6, 6.07) is 31.1. The third-order valence-electron chi connectivity index (χ3n) is 6.90. The Balaban J connectivity index is 1.36. The van der Waals surface area contributed by atoms with Crippen LogP contribution in [0, 0.1) is 6.92 Å². The number of carbonyl (C=O) groups is 2. The molecule has 0 fully saturated rings. The van der Waals surface area contributed by atoms with Gasteiger partial charge in [0, 0.05) is 16.5 Å². The average molecular weight is 503 g/mol. The lowest BCUT2D eigenvalue weighted by Gasteiger charge is -2.17. The lowest BCUT2D eigenvalue weighted by atomic mass is 9.98. The average Bonchev–Trinajstić information content (AvgIpc) is 3.26. The molecule has 0 bridgehead atoms. The van der Waals surface area contributed by atoms with E-state index < -0.39 is 5.91 Å². The van der Waals surface area contributed by atoms with Gasteiger partial charge in [0.05, 0.1) is 23.8 Å². The van der Waals surface area contributed by atoms with Crippen molar-refractivity contribution in [3.8, 4) is 11.1 Å². The van der Waals surface area contributed by atoms with Crippen molar-refractivity contribution in [1.29, 1.82) is 0 Å². The number of primary amides is 1. The molecule has 6 heteroatoms. The van der Waals surface area contributed by atoms with E-state index in [0.717, 1.165) is 45.3 Å². The molecule has 5 rings (SSSR count). The summed E-state index contributed by atoms with van der Waals surface area (Å²) < 4.78 is 1.96. The minimum atomic E-state index is -0.443. The predicted octanol–water partition coefficient (Wildman–Crippen LogP) is 6.04. The van der Waals surface area contributed by atoms with E-state index in [4.69, 9.17) is 10.8 Å². The number of carbonyl (C=O) groups excluding carboxylic acids is 2. The number of nitrogens with zero attached hydrogens (tertiary/aromatic N) is 2. The zero-order valence-electron chi connectivity index (χ0n) is 21.5. The molecule has 0 saturated carbocycles. The number of aryl methyl sites for hydroxylation is 1. The fourth-order valence-corrected chi connectivity index (χ4v) is 4.86. The topological polar surface area (TPSA) is 90.0 Å². The van der Waals surface area contributed by atoms with Gasteiger partial charge in [0.1, 0.15) is 0 Å². The molecule has 1 heterocycles. The molecule has 4 aromatic carbocycles. The Morgan fingerprint density at radius 1 is 0.921 bits per heavy atom. The van der Waals surface area contributed by atoms with Gasteiger partial charge in [-0.1, -0.05) is 79.7 Å². The van der Waals surface area contributed by atoms with Crippen LogP contribution < -0.4 is 11.1 Å². The Morgan fingerprint density at radius 2 is 1.63 bits per heavy atom. The molecule has 0 saturated heterocycles. The van der Waals surface area contributed by atoms with Crippen molar-refractivity contribution >= 4 is 22.7 Å². The first kappa shape index (κ1) is 25.0. The third-order valence-corrected chi connectivity index (χ3v) is 6.90. The molecule has 1 atom stereocenters. The maximum absolute atomic E-state index is 13.1. The summed E-state index contributed by atoms with van der Waals surface area (Å²) in [7, 11) is 0. The van der Waals surface area contributed by atoms with Crippen molar-refractivity contribution in [2.24, 2.45) is 5.73 Å². The highest BCUT2D eigenvalue weighted by atomic mass is 16.2.